The molecule has 2 aromatic heterocycles. The average molecular weight is 267 g/mol. The van der Waals surface area contributed by atoms with Crippen LogP contribution in [0.5, 0.6) is 0 Å². The van der Waals surface area contributed by atoms with Crippen molar-refractivity contribution in [2.24, 2.45) is 0 Å². The van der Waals surface area contributed by atoms with E-state index in [0.29, 0.717) is 12.5 Å². The van der Waals surface area contributed by atoms with Crippen LogP contribution in [0.15, 0.2) is 41.1 Å². The maximum Gasteiger partial charge on any atom is 0.258 e. The topological polar surface area (TPSA) is 61.0 Å². The summed E-state index contributed by atoms with van der Waals surface area (Å²) in [7, 11) is 0. The first-order valence-corrected chi connectivity index (χ1v) is 6.67. The zero-order valence-electron chi connectivity index (χ0n) is 10.8. The van der Waals surface area contributed by atoms with Gasteiger partial charge < -0.3 is 9.26 Å². The van der Waals surface area contributed by atoms with E-state index in [9.17, 15) is 0 Å². The van der Waals surface area contributed by atoms with E-state index in [-0.39, 0.29) is 5.92 Å². The Labute approximate surface area is 115 Å². The third-order valence-corrected chi connectivity index (χ3v) is 3.61. The van der Waals surface area contributed by atoms with Crippen LogP contribution in [0.4, 0.5) is 0 Å². The smallest absolute Gasteiger partial charge is 0.258 e. The summed E-state index contributed by atoms with van der Waals surface area (Å²) in [5, 5.41) is 5.12. The second kappa shape index (κ2) is 4.68. The summed E-state index contributed by atoms with van der Waals surface area (Å²) in [6.45, 7) is 1.45. The van der Waals surface area contributed by atoms with Gasteiger partial charge in [0.2, 0.25) is 0 Å². The van der Waals surface area contributed by atoms with E-state index in [1.807, 2.05) is 30.3 Å². The van der Waals surface area contributed by atoms with Crippen LogP contribution in [0.1, 0.15) is 18.2 Å². The summed E-state index contributed by atoms with van der Waals surface area (Å²) < 4.78 is 10.8. The van der Waals surface area contributed by atoms with Gasteiger partial charge in [0.15, 0.2) is 5.82 Å². The SMILES string of the molecule is c1cc(-c2nc([C@H]3CCOC3)no2)c2cccnc2c1. The van der Waals surface area contributed by atoms with Crippen LogP contribution in [-0.2, 0) is 4.74 Å². The van der Waals surface area contributed by atoms with Crippen LogP contribution >= 0.6 is 0 Å². The molecule has 1 aromatic carbocycles. The number of benzene rings is 1. The summed E-state index contributed by atoms with van der Waals surface area (Å²) in [6.07, 6.45) is 2.73. The van der Waals surface area contributed by atoms with Gasteiger partial charge in [0.25, 0.3) is 5.89 Å². The molecule has 0 N–H and O–H groups in total. The van der Waals surface area contributed by atoms with Crippen molar-refractivity contribution in [1.82, 2.24) is 15.1 Å². The largest absolute Gasteiger partial charge is 0.381 e. The molecule has 3 aromatic rings. The third-order valence-electron chi connectivity index (χ3n) is 3.61. The molecule has 0 aliphatic carbocycles. The number of fused-ring (bicyclic) bond motifs is 1. The van der Waals surface area contributed by atoms with Gasteiger partial charge in [-0.25, -0.2) is 0 Å². The average Bonchev–Trinajstić information content (AvgIpc) is 3.17. The van der Waals surface area contributed by atoms with Crippen LogP contribution in [0.3, 0.4) is 0 Å². The first kappa shape index (κ1) is 11.5. The summed E-state index contributed by atoms with van der Waals surface area (Å²) in [6, 6.07) is 9.83. The van der Waals surface area contributed by atoms with Crippen molar-refractivity contribution < 1.29 is 9.26 Å². The summed E-state index contributed by atoms with van der Waals surface area (Å²) in [4.78, 5) is 8.87. The first-order valence-electron chi connectivity index (χ1n) is 6.67. The standard InChI is InChI=1S/C15H13N3O2/c1-3-12(11-4-2-7-16-13(11)5-1)15-17-14(18-20-15)10-6-8-19-9-10/h1-5,7,10H,6,8-9H2/t10-/m0/s1. The summed E-state index contributed by atoms with van der Waals surface area (Å²) >= 11 is 0. The van der Waals surface area contributed by atoms with E-state index in [2.05, 4.69) is 15.1 Å². The fourth-order valence-corrected chi connectivity index (χ4v) is 2.54. The van der Waals surface area contributed by atoms with E-state index in [1.54, 1.807) is 6.20 Å². The van der Waals surface area contributed by atoms with Gasteiger partial charge in [0.1, 0.15) is 0 Å². The summed E-state index contributed by atoms with van der Waals surface area (Å²) in [5.74, 6) is 1.53. The molecule has 1 aliphatic heterocycles. The Morgan fingerprint density at radius 1 is 1.15 bits per heavy atom. The molecule has 20 heavy (non-hydrogen) atoms. The normalized spacial score (nSPS) is 18.7. The lowest BCUT2D eigenvalue weighted by Crippen LogP contribution is -1.99. The van der Waals surface area contributed by atoms with Crippen LogP contribution in [-0.4, -0.2) is 28.3 Å². The van der Waals surface area contributed by atoms with Crippen molar-refractivity contribution >= 4 is 10.9 Å². The van der Waals surface area contributed by atoms with Crippen LogP contribution in [0.25, 0.3) is 22.4 Å². The Balaban J connectivity index is 1.79. The third kappa shape index (κ3) is 1.87. The van der Waals surface area contributed by atoms with Gasteiger partial charge in [0.05, 0.1) is 12.1 Å². The predicted octanol–water partition coefficient (Wildman–Crippen LogP) is 2.79. The number of hydrogen-bond acceptors (Lipinski definition) is 5. The minimum Gasteiger partial charge on any atom is -0.381 e. The van der Waals surface area contributed by atoms with Crippen LogP contribution < -0.4 is 0 Å². The van der Waals surface area contributed by atoms with Gasteiger partial charge in [-0.3, -0.25) is 4.98 Å². The van der Waals surface area contributed by atoms with Gasteiger partial charge in [-0.1, -0.05) is 17.3 Å². The molecule has 4 rings (SSSR count). The van der Waals surface area contributed by atoms with Crippen LogP contribution in [0, 0.1) is 0 Å². The maximum absolute atomic E-state index is 5.43. The highest BCUT2D eigenvalue weighted by molar-refractivity contribution is 5.92. The Hall–Kier alpha value is -2.27. The molecule has 0 radical (unpaired) electrons. The Morgan fingerprint density at radius 2 is 2.15 bits per heavy atom. The fourth-order valence-electron chi connectivity index (χ4n) is 2.54. The Bertz CT molecular complexity index is 742. The first-order chi connectivity index (χ1) is 9.92. The molecule has 0 saturated carbocycles. The Morgan fingerprint density at radius 3 is 3.05 bits per heavy atom. The molecule has 0 unspecified atom stereocenters. The lowest BCUT2D eigenvalue weighted by molar-refractivity contribution is 0.192. The van der Waals surface area contributed by atoms with Gasteiger partial charge in [0, 0.05) is 29.7 Å². The predicted molar refractivity (Wildman–Crippen MR) is 73.2 cm³/mol. The molecule has 1 aliphatic rings. The molecule has 5 heteroatoms. The second-order valence-electron chi connectivity index (χ2n) is 4.89. The molecule has 1 fully saturated rings. The van der Waals surface area contributed by atoms with E-state index >= 15 is 0 Å². The molecular formula is C15H13N3O2. The quantitative estimate of drug-likeness (QED) is 0.714. The lowest BCUT2D eigenvalue weighted by atomic mass is 10.1. The Kier molecular flexibility index (Phi) is 2.70. The van der Waals surface area contributed by atoms with Crippen molar-refractivity contribution in [3.05, 3.63) is 42.4 Å². The number of nitrogens with zero attached hydrogens (tertiary/aromatic N) is 3. The summed E-state index contributed by atoms with van der Waals surface area (Å²) in [5.41, 5.74) is 1.85. The van der Waals surface area contributed by atoms with Crippen LogP contribution in [0.2, 0.25) is 0 Å². The number of ether oxygens (including phenoxy) is 1. The van der Waals surface area contributed by atoms with Crippen molar-refractivity contribution in [2.45, 2.75) is 12.3 Å². The van der Waals surface area contributed by atoms with E-state index in [1.165, 1.54) is 0 Å². The van der Waals surface area contributed by atoms with Crippen molar-refractivity contribution in [1.29, 1.82) is 0 Å². The zero-order valence-corrected chi connectivity index (χ0v) is 10.8. The number of hydrogen-bond donors (Lipinski definition) is 0. The van der Waals surface area contributed by atoms with E-state index in [0.717, 1.165) is 35.3 Å². The van der Waals surface area contributed by atoms with Crippen molar-refractivity contribution in [2.75, 3.05) is 13.2 Å². The molecule has 0 spiro atoms. The van der Waals surface area contributed by atoms with Gasteiger partial charge >= 0.3 is 0 Å². The number of rotatable bonds is 2. The molecule has 0 amide bonds. The highest BCUT2D eigenvalue weighted by atomic mass is 16.5. The zero-order chi connectivity index (χ0) is 13.4. The number of pyridine rings is 1. The van der Waals surface area contributed by atoms with E-state index < -0.39 is 0 Å². The minimum absolute atomic E-state index is 0.251. The minimum atomic E-state index is 0.251. The highest BCUT2D eigenvalue weighted by Gasteiger charge is 2.23. The molecule has 1 saturated heterocycles. The molecular weight excluding hydrogens is 254 g/mol. The fraction of sp³-hybridized carbons (Fsp3) is 0.267. The molecule has 100 valence electrons. The van der Waals surface area contributed by atoms with Gasteiger partial charge in [-0.15, -0.1) is 0 Å². The lowest BCUT2D eigenvalue weighted by Gasteiger charge is -2.01. The molecule has 0 bridgehead atoms. The monoisotopic (exact) mass is 267 g/mol. The van der Waals surface area contributed by atoms with Gasteiger partial charge in [-0.05, 0) is 24.6 Å². The second-order valence-corrected chi connectivity index (χ2v) is 4.89. The molecule has 3 heterocycles. The van der Waals surface area contributed by atoms with Crippen molar-refractivity contribution in [3.8, 4) is 11.5 Å². The molecule has 1 atom stereocenters. The highest BCUT2D eigenvalue weighted by Crippen LogP contribution is 2.29. The number of aromatic nitrogens is 3. The molecule has 5 nitrogen and oxygen atoms in total. The maximum atomic E-state index is 5.43. The van der Waals surface area contributed by atoms with E-state index in [4.69, 9.17) is 9.26 Å². The van der Waals surface area contributed by atoms with Gasteiger partial charge in [-0.2, -0.15) is 4.98 Å². The van der Waals surface area contributed by atoms with Crippen molar-refractivity contribution in [3.63, 3.8) is 0 Å².